The maximum absolute atomic E-state index is 13.2. The van der Waals surface area contributed by atoms with Crippen LogP contribution in [0.5, 0.6) is 5.75 Å². The molecule has 0 saturated carbocycles. The molecule has 9 heteroatoms. The third-order valence-corrected chi connectivity index (χ3v) is 7.42. The summed E-state index contributed by atoms with van der Waals surface area (Å²) in [5, 5.41) is 3.92. The fourth-order valence-electron chi connectivity index (χ4n) is 3.69. The van der Waals surface area contributed by atoms with Crippen molar-refractivity contribution in [1.29, 1.82) is 0 Å². The highest BCUT2D eigenvalue weighted by Crippen LogP contribution is 2.27. The number of hydrogen-bond donors (Lipinski definition) is 0. The smallest absolute Gasteiger partial charge is 0.257 e. The van der Waals surface area contributed by atoms with Gasteiger partial charge in [-0.25, -0.2) is 8.42 Å². The maximum atomic E-state index is 13.2. The van der Waals surface area contributed by atoms with Crippen molar-refractivity contribution in [2.24, 2.45) is 0 Å². The van der Waals surface area contributed by atoms with Gasteiger partial charge in [-0.2, -0.15) is 4.31 Å². The lowest BCUT2D eigenvalue weighted by molar-refractivity contribution is 0.0781. The fraction of sp³-hybridized carbons (Fsp3) is 0.524. The molecular weight excluding hydrogens is 406 g/mol. The molecule has 2 aromatic rings. The minimum atomic E-state index is -3.67. The number of methoxy groups -OCH3 is 1. The summed E-state index contributed by atoms with van der Waals surface area (Å²) in [6, 6.07) is 4.47. The monoisotopic (exact) mass is 435 g/mol. The van der Waals surface area contributed by atoms with Crippen molar-refractivity contribution >= 4 is 15.9 Å². The Hall–Kier alpha value is -2.39. The summed E-state index contributed by atoms with van der Waals surface area (Å²) in [5.74, 6) is 0.650. The van der Waals surface area contributed by atoms with E-state index in [4.69, 9.17) is 9.26 Å². The Morgan fingerprint density at radius 3 is 2.43 bits per heavy atom. The molecule has 1 amide bonds. The molecule has 0 spiro atoms. The number of carbonyl (C=O) groups excluding carboxylic acids is 1. The number of aryl methyl sites for hydroxylation is 2. The van der Waals surface area contributed by atoms with E-state index in [9.17, 15) is 13.2 Å². The first kappa shape index (κ1) is 22.3. The fourth-order valence-corrected chi connectivity index (χ4v) is 5.23. The van der Waals surface area contributed by atoms with Gasteiger partial charge in [-0.15, -0.1) is 0 Å². The maximum Gasteiger partial charge on any atom is 0.257 e. The first-order chi connectivity index (χ1) is 14.3. The van der Waals surface area contributed by atoms with Crippen LogP contribution in [0.15, 0.2) is 27.6 Å². The second kappa shape index (κ2) is 9.18. The van der Waals surface area contributed by atoms with Gasteiger partial charge in [-0.3, -0.25) is 4.79 Å². The number of hydrogen-bond acceptors (Lipinski definition) is 6. The molecule has 0 atom stereocenters. The van der Waals surface area contributed by atoms with Gasteiger partial charge in [0, 0.05) is 25.7 Å². The zero-order valence-electron chi connectivity index (χ0n) is 18.0. The van der Waals surface area contributed by atoms with E-state index >= 15 is 0 Å². The lowest BCUT2D eigenvalue weighted by atomic mass is 10.1. The van der Waals surface area contributed by atoms with Gasteiger partial charge in [0.1, 0.15) is 11.5 Å². The van der Waals surface area contributed by atoms with Gasteiger partial charge >= 0.3 is 0 Å². The number of ether oxygens (including phenoxy) is 1. The van der Waals surface area contributed by atoms with E-state index < -0.39 is 10.0 Å². The van der Waals surface area contributed by atoms with Gasteiger partial charge < -0.3 is 14.2 Å². The molecule has 1 aromatic heterocycles. The molecule has 1 aliphatic heterocycles. The number of aromatic nitrogens is 1. The third kappa shape index (κ3) is 4.52. The molecule has 8 nitrogen and oxygen atoms in total. The van der Waals surface area contributed by atoms with Crippen LogP contribution in [0.4, 0.5) is 0 Å². The van der Waals surface area contributed by atoms with Crippen molar-refractivity contribution in [2.75, 3.05) is 27.2 Å². The first-order valence-electron chi connectivity index (χ1n) is 10.1. The van der Waals surface area contributed by atoms with Crippen LogP contribution in [0.2, 0.25) is 0 Å². The average Bonchev–Trinajstić information content (AvgIpc) is 2.95. The molecule has 1 aromatic carbocycles. The van der Waals surface area contributed by atoms with E-state index in [0.29, 0.717) is 31.1 Å². The molecule has 30 heavy (non-hydrogen) atoms. The Labute approximate surface area is 177 Å². The van der Waals surface area contributed by atoms with E-state index in [1.165, 1.54) is 28.4 Å². The molecule has 1 aliphatic rings. The van der Waals surface area contributed by atoms with E-state index in [1.807, 2.05) is 6.92 Å². The molecule has 3 rings (SSSR count). The second-order valence-electron chi connectivity index (χ2n) is 7.64. The summed E-state index contributed by atoms with van der Waals surface area (Å²) in [4.78, 5) is 14.8. The Bertz CT molecular complexity index is 988. The number of rotatable bonds is 6. The molecule has 0 aliphatic carbocycles. The van der Waals surface area contributed by atoms with Crippen molar-refractivity contribution in [3.05, 3.63) is 40.8 Å². The standard InChI is InChI=1S/C21H29N3O5S/c1-15-19(16(2)29-22-15)14-23(3)21(25)18-13-17(9-10-20(18)28-4)30(26,27)24-11-7-5-6-8-12-24/h9-10,13H,5-8,11-12,14H2,1-4H3. The van der Waals surface area contributed by atoms with Crippen LogP contribution in [0.25, 0.3) is 0 Å². The van der Waals surface area contributed by atoms with Gasteiger partial charge in [-0.1, -0.05) is 18.0 Å². The molecule has 0 N–H and O–H groups in total. The highest BCUT2D eigenvalue weighted by Gasteiger charge is 2.28. The Kier molecular flexibility index (Phi) is 6.82. The zero-order chi connectivity index (χ0) is 21.9. The van der Waals surface area contributed by atoms with E-state index in [-0.39, 0.29) is 16.4 Å². The number of nitrogens with zero attached hydrogens (tertiary/aromatic N) is 3. The average molecular weight is 436 g/mol. The molecule has 164 valence electrons. The topological polar surface area (TPSA) is 93.0 Å². The number of amides is 1. The van der Waals surface area contributed by atoms with Crippen LogP contribution in [0.3, 0.4) is 0 Å². The van der Waals surface area contributed by atoms with Gasteiger partial charge in [0.05, 0.1) is 29.8 Å². The number of sulfonamides is 1. The molecule has 1 saturated heterocycles. The second-order valence-corrected chi connectivity index (χ2v) is 9.58. The van der Waals surface area contributed by atoms with Crippen molar-refractivity contribution in [2.45, 2.75) is 51.0 Å². The van der Waals surface area contributed by atoms with Crippen molar-refractivity contribution in [3.63, 3.8) is 0 Å². The van der Waals surface area contributed by atoms with Crippen LogP contribution in [0, 0.1) is 13.8 Å². The van der Waals surface area contributed by atoms with Crippen LogP contribution in [-0.2, 0) is 16.6 Å². The van der Waals surface area contributed by atoms with Gasteiger partial charge in [0.25, 0.3) is 5.91 Å². The van der Waals surface area contributed by atoms with Crippen molar-refractivity contribution < 1.29 is 22.5 Å². The summed E-state index contributed by atoms with van der Waals surface area (Å²) in [6.07, 6.45) is 3.76. The van der Waals surface area contributed by atoms with Crippen molar-refractivity contribution in [1.82, 2.24) is 14.4 Å². The summed E-state index contributed by atoms with van der Waals surface area (Å²) in [6.45, 7) is 4.92. The lowest BCUT2D eigenvalue weighted by Crippen LogP contribution is -2.32. The van der Waals surface area contributed by atoms with Crippen molar-refractivity contribution in [3.8, 4) is 5.75 Å². The molecule has 2 heterocycles. The summed E-state index contributed by atoms with van der Waals surface area (Å²) >= 11 is 0. The molecule has 0 unspecified atom stereocenters. The minimum Gasteiger partial charge on any atom is -0.496 e. The Balaban J connectivity index is 1.91. The molecule has 0 radical (unpaired) electrons. The number of benzene rings is 1. The van der Waals surface area contributed by atoms with E-state index in [2.05, 4.69) is 5.16 Å². The predicted molar refractivity (Wildman–Crippen MR) is 112 cm³/mol. The van der Waals surface area contributed by atoms with Crippen LogP contribution < -0.4 is 4.74 Å². The van der Waals surface area contributed by atoms with Crippen LogP contribution >= 0.6 is 0 Å². The summed E-state index contributed by atoms with van der Waals surface area (Å²) < 4.78 is 38.4. The quantitative estimate of drug-likeness (QED) is 0.692. The van der Waals surface area contributed by atoms with Crippen LogP contribution in [0.1, 0.15) is 53.1 Å². The highest BCUT2D eigenvalue weighted by atomic mass is 32.2. The lowest BCUT2D eigenvalue weighted by Gasteiger charge is -2.22. The molecular formula is C21H29N3O5S. The molecule has 1 fully saturated rings. The van der Waals surface area contributed by atoms with E-state index in [1.54, 1.807) is 20.0 Å². The predicted octanol–water partition coefficient (Wildman–Crippen LogP) is 3.14. The van der Waals surface area contributed by atoms with Gasteiger partial charge in [0.2, 0.25) is 10.0 Å². The van der Waals surface area contributed by atoms with Gasteiger partial charge in [0.15, 0.2) is 0 Å². The minimum absolute atomic E-state index is 0.110. The normalized spacial score (nSPS) is 15.6. The Morgan fingerprint density at radius 2 is 1.87 bits per heavy atom. The van der Waals surface area contributed by atoms with Crippen LogP contribution in [-0.4, -0.2) is 55.9 Å². The van der Waals surface area contributed by atoms with E-state index in [0.717, 1.165) is 36.9 Å². The van der Waals surface area contributed by atoms with Gasteiger partial charge in [-0.05, 0) is 44.9 Å². The third-order valence-electron chi connectivity index (χ3n) is 5.53. The highest BCUT2D eigenvalue weighted by molar-refractivity contribution is 7.89. The summed E-state index contributed by atoms with van der Waals surface area (Å²) in [5.41, 5.74) is 1.76. The SMILES string of the molecule is COc1ccc(S(=O)(=O)N2CCCCCC2)cc1C(=O)N(C)Cc1c(C)noc1C. The first-order valence-corrected chi connectivity index (χ1v) is 11.5. The molecule has 0 bridgehead atoms. The summed E-state index contributed by atoms with van der Waals surface area (Å²) in [7, 11) is -0.555. The largest absolute Gasteiger partial charge is 0.496 e. The Morgan fingerprint density at radius 1 is 1.20 bits per heavy atom. The number of carbonyl (C=O) groups is 1. The zero-order valence-corrected chi connectivity index (χ0v) is 18.8.